The summed E-state index contributed by atoms with van der Waals surface area (Å²) in [5, 5.41) is 3.20. The maximum absolute atomic E-state index is 12.7. The average molecular weight is 387 g/mol. The third-order valence-corrected chi connectivity index (χ3v) is 5.50. The minimum Gasteiger partial charge on any atom is -0.379 e. The van der Waals surface area contributed by atoms with E-state index in [2.05, 4.69) is 34.0 Å². The highest BCUT2D eigenvalue weighted by Crippen LogP contribution is 2.34. The number of fused-ring (bicyclic) bond motifs is 1. The fourth-order valence-electron chi connectivity index (χ4n) is 3.61. The molecule has 9 heteroatoms. The molecule has 3 heterocycles. The lowest BCUT2D eigenvalue weighted by Crippen LogP contribution is -2.55. The topological polar surface area (TPSA) is 109 Å². The summed E-state index contributed by atoms with van der Waals surface area (Å²) in [6.45, 7) is 7.66. The number of morpholine rings is 1. The number of nitrogens with zero attached hydrogens (tertiary/aromatic N) is 3. The molecule has 0 aromatic carbocycles. The predicted molar refractivity (Wildman–Crippen MR) is 104 cm³/mol. The van der Waals surface area contributed by atoms with Crippen molar-refractivity contribution in [2.75, 3.05) is 32.8 Å². The van der Waals surface area contributed by atoms with Gasteiger partial charge < -0.3 is 10.1 Å². The van der Waals surface area contributed by atoms with Crippen molar-refractivity contribution in [2.24, 2.45) is 0 Å². The molecular formula is C19H25N5O4. The predicted octanol–water partition coefficient (Wildman–Crippen LogP) is 0.260. The number of aromatic nitrogens is 3. The maximum Gasteiger partial charge on any atom is 0.330 e. The van der Waals surface area contributed by atoms with Crippen molar-refractivity contribution in [1.82, 2.24) is 24.8 Å². The first-order chi connectivity index (χ1) is 13.4. The molecule has 2 aliphatic rings. The van der Waals surface area contributed by atoms with E-state index >= 15 is 0 Å². The molecule has 1 aliphatic heterocycles. The van der Waals surface area contributed by atoms with Gasteiger partial charge in [-0.1, -0.05) is 0 Å². The third-order valence-electron chi connectivity index (χ3n) is 5.50. The highest BCUT2D eigenvalue weighted by Gasteiger charge is 2.30. The Morgan fingerprint density at radius 1 is 1.32 bits per heavy atom. The second kappa shape index (κ2) is 7.14. The van der Waals surface area contributed by atoms with Crippen LogP contribution in [0.3, 0.4) is 0 Å². The average Bonchev–Trinajstić information content (AvgIpc) is 3.52. The Labute approximate surface area is 161 Å². The molecule has 9 nitrogen and oxygen atoms in total. The largest absolute Gasteiger partial charge is 0.379 e. The number of carbonyl (C=O) groups is 1. The molecule has 0 atom stereocenters. The van der Waals surface area contributed by atoms with Gasteiger partial charge in [0.05, 0.1) is 24.2 Å². The van der Waals surface area contributed by atoms with Gasteiger partial charge in [-0.15, -0.1) is 0 Å². The molecule has 1 amide bonds. The van der Waals surface area contributed by atoms with Gasteiger partial charge in [0, 0.05) is 37.4 Å². The van der Waals surface area contributed by atoms with Crippen molar-refractivity contribution < 1.29 is 9.53 Å². The van der Waals surface area contributed by atoms with Crippen molar-refractivity contribution in [3.63, 3.8) is 0 Å². The number of aromatic amines is 1. The van der Waals surface area contributed by atoms with Crippen LogP contribution in [0.5, 0.6) is 0 Å². The Hall–Kier alpha value is -2.52. The lowest BCUT2D eigenvalue weighted by molar-refractivity contribution is -0.00923. The smallest absolute Gasteiger partial charge is 0.330 e. The SMILES string of the molecule is CC(C)(CNC(=O)c1cnc2c(c1)c(=O)[nH]c(=O)n2C1CC1)N1CCOCC1. The molecule has 1 saturated heterocycles. The first-order valence-corrected chi connectivity index (χ1v) is 9.62. The van der Waals surface area contributed by atoms with E-state index in [-0.39, 0.29) is 22.9 Å². The van der Waals surface area contributed by atoms with Crippen LogP contribution in [0.15, 0.2) is 21.9 Å². The normalized spacial score (nSPS) is 18.4. The molecule has 0 radical (unpaired) electrons. The van der Waals surface area contributed by atoms with Crippen LogP contribution in [0.2, 0.25) is 0 Å². The van der Waals surface area contributed by atoms with Crippen LogP contribution in [0.4, 0.5) is 0 Å². The van der Waals surface area contributed by atoms with Crippen molar-refractivity contribution in [3.8, 4) is 0 Å². The van der Waals surface area contributed by atoms with E-state index in [4.69, 9.17) is 4.74 Å². The zero-order chi connectivity index (χ0) is 19.9. The maximum atomic E-state index is 12.7. The lowest BCUT2D eigenvalue weighted by atomic mass is 10.0. The van der Waals surface area contributed by atoms with Gasteiger partial charge in [-0.25, -0.2) is 9.78 Å². The van der Waals surface area contributed by atoms with Gasteiger partial charge in [-0.05, 0) is 32.8 Å². The molecule has 0 bridgehead atoms. The minimum absolute atomic E-state index is 0.0772. The second-order valence-electron chi connectivity index (χ2n) is 8.05. The van der Waals surface area contributed by atoms with E-state index in [9.17, 15) is 14.4 Å². The van der Waals surface area contributed by atoms with Crippen molar-refractivity contribution in [2.45, 2.75) is 38.3 Å². The molecule has 2 aromatic heterocycles. The summed E-state index contributed by atoms with van der Waals surface area (Å²) < 4.78 is 6.90. The van der Waals surface area contributed by atoms with Crippen LogP contribution in [0, 0.1) is 0 Å². The lowest BCUT2D eigenvalue weighted by Gasteiger charge is -2.40. The van der Waals surface area contributed by atoms with Crippen LogP contribution >= 0.6 is 0 Å². The molecule has 2 aromatic rings. The van der Waals surface area contributed by atoms with E-state index in [0.29, 0.717) is 31.0 Å². The van der Waals surface area contributed by atoms with Gasteiger partial charge in [-0.3, -0.25) is 24.0 Å². The summed E-state index contributed by atoms with van der Waals surface area (Å²) in [6, 6.07) is 1.59. The first-order valence-electron chi connectivity index (χ1n) is 9.62. The third kappa shape index (κ3) is 3.59. The molecule has 1 saturated carbocycles. The molecule has 0 spiro atoms. The highest BCUT2D eigenvalue weighted by atomic mass is 16.5. The van der Waals surface area contributed by atoms with Gasteiger partial charge in [0.1, 0.15) is 5.65 Å². The van der Waals surface area contributed by atoms with Crippen molar-refractivity contribution in [3.05, 3.63) is 38.7 Å². The Bertz CT molecular complexity index is 1020. The molecule has 2 N–H and O–H groups in total. The summed E-state index contributed by atoms with van der Waals surface area (Å²) in [6.07, 6.45) is 3.21. The number of H-pyrrole nitrogens is 1. The van der Waals surface area contributed by atoms with Crippen LogP contribution < -0.4 is 16.6 Å². The quantitative estimate of drug-likeness (QED) is 0.762. The van der Waals surface area contributed by atoms with Crippen LogP contribution in [0.1, 0.15) is 43.1 Å². The van der Waals surface area contributed by atoms with E-state index in [0.717, 1.165) is 25.9 Å². The molecule has 28 heavy (non-hydrogen) atoms. The second-order valence-corrected chi connectivity index (χ2v) is 8.05. The van der Waals surface area contributed by atoms with Gasteiger partial charge >= 0.3 is 5.69 Å². The van der Waals surface area contributed by atoms with E-state index < -0.39 is 11.2 Å². The van der Waals surface area contributed by atoms with Crippen molar-refractivity contribution in [1.29, 1.82) is 0 Å². The molecule has 0 unspecified atom stereocenters. The number of amides is 1. The Balaban J connectivity index is 1.55. The molecule has 1 aliphatic carbocycles. The van der Waals surface area contributed by atoms with Crippen molar-refractivity contribution >= 4 is 16.9 Å². The Morgan fingerprint density at radius 2 is 2.04 bits per heavy atom. The van der Waals surface area contributed by atoms with Crippen LogP contribution in [-0.4, -0.2) is 63.7 Å². The first kappa shape index (κ1) is 18.8. The molecule has 150 valence electrons. The number of ether oxygens (including phenoxy) is 1. The number of hydrogen-bond donors (Lipinski definition) is 2. The number of nitrogens with one attached hydrogen (secondary N) is 2. The van der Waals surface area contributed by atoms with Crippen LogP contribution in [-0.2, 0) is 4.74 Å². The molecular weight excluding hydrogens is 362 g/mol. The summed E-state index contributed by atoms with van der Waals surface area (Å²) in [5.41, 5.74) is -0.545. The highest BCUT2D eigenvalue weighted by molar-refractivity contribution is 5.96. The fraction of sp³-hybridized carbons (Fsp3) is 0.579. The minimum atomic E-state index is -0.521. The molecule has 2 fully saturated rings. The Morgan fingerprint density at radius 3 is 2.71 bits per heavy atom. The summed E-state index contributed by atoms with van der Waals surface area (Å²) >= 11 is 0. The molecule has 4 rings (SSSR count). The summed E-state index contributed by atoms with van der Waals surface area (Å²) in [4.78, 5) is 45.9. The Kier molecular flexibility index (Phi) is 4.80. The fourth-order valence-corrected chi connectivity index (χ4v) is 3.61. The zero-order valence-corrected chi connectivity index (χ0v) is 16.2. The van der Waals surface area contributed by atoms with Gasteiger partial charge in [-0.2, -0.15) is 0 Å². The van der Waals surface area contributed by atoms with Gasteiger partial charge in [0.15, 0.2) is 0 Å². The van der Waals surface area contributed by atoms with E-state index in [1.807, 2.05) is 0 Å². The number of hydrogen-bond acceptors (Lipinski definition) is 6. The summed E-state index contributed by atoms with van der Waals surface area (Å²) in [5.74, 6) is -0.292. The zero-order valence-electron chi connectivity index (χ0n) is 16.2. The van der Waals surface area contributed by atoms with E-state index in [1.165, 1.54) is 16.8 Å². The van der Waals surface area contributed by atoms with Gasteiger partial charge in [0.25, 0.3) is 11.5 Å². The monoisotopic (exact) mass is 387 g/mol. The number of pyridine rings is 1. The van der Waals surface area contributed by atoms with E-state index in [1.54, 1.807) is 0 Å². The number of carbonyl (C=O) groups excluding carboxylic acids is 1. The van der Waals surface area contributed by atoms with Gasteiger partial charge in [0.2, 0.25) is 0 Å². The number of rotatable bonds is 5. The summed E-state index contributed by atoms with van der Waals surface area (Å²) in [7, 11) is 0. The van der Waals surface area contributed by atoms with Crippen LogP contribution in [0.25, 0.3) is 11.0 Å². The standard InChI is InChI=1S/C19H25N5O4/c1-19(2,23-5-7-28-8-6-23)11-21-16(25)12-9-14-15(20-10-12)24(13-3-4-13)18(27)22-17(14)26/h9-10,13H,3-8,11H2,1-2H3,(H,21,25)(H,22,26,27).